The fourth-order valence-electron chi connectivity index (χ4n) is 3.99. The molecule has 2 unspecified atom stereocenters. The van der Waals surface area contributed by atoms with Crippen LogP contribution in [0.3, 0.4) is 0 Å². The van der Waals surface area contributed by atoms with Crippen LogP contribution in [0.1, 0.15) is 43.7 Å². The molecule has 0 bridgehead atoms. The summed E-state index contributed by atoms with van der Waals surface area (Å²) in [4.78, 5) is 10.6. The van der Waals surface area contributed by atoms with Crippen LogP contribution in [0.5, 0.6) is 5.75 Å². The molecule has 0 aromatic heterocycles. The normalized spacial score (nSPS) is 19.8. The molecule has 0 radical (unpaired) electrons. The topological polar surface area (TPSA) is 94.9 Å². The maximum Gasteiger partial charge on any atom is 0.303 e. The number of carbonyl (C=O) groups is 1. The van der Waals surface area contributed by atoms with E-state index >= 15 is 0 Å². The number of carboxylic acid groups (broad SMARTS) is 1. The van der Waals surface area contributed by atoms with Gasteiger partial charge in [-0.3, -0.25) is 4.79 Å². The highest BCUT2D eigenvalue weighted by atomic mass is 32.2. The molecule has 2 aromatic carbocycles. The van der Waals surface area contributed by atoms with Crippen molar-refractivity contribution in [3.63, 3.8) is 0 Å². The minimum Gasteiger partial charge on any atom is -0.508 e. The van der Waals surface area contributed by atoms with E-state index in [0.29, 0.717) is 37.8 Å². The second-order valence-corrected chi connectivity index (χ2v) is 9.54. The largest absolute Gasteiger partial charge is 0.508 e. The Hall–Kier alpha value is -2.71. The zero-order chi connectivity index (χ0) is 22.4. The van der Waals surface area contributed by atoms with Gasteiger partial charge in [-0.1, -0.05) is 24.3 Å². The molecule has 1 aliphatic rings. The molecule has 8 heteroatoms. The van der Waals surface area contributed by atoms with Crippen molar-refractivity contribution in [3.05, 3.63) is 72.1 Å². The van der Waals surface area contributed by atoms with Crippen molar-refractivity contribution >= 4 is 16.0 Å². The van der Waals surface area contributed by atoms with E-state index in [9.17, 15) is 22.7 Å². The number of aliphatic carboxylic acids is 1. The fourth-order valence-corrected chi connectivity index (χ4v) is 5.68. The third-order valence-corrected chi connectivity index (χ3v) is 7.37. The third-order valence-electron chi connectivity index (χ3n) is 5.48. The number of benzene rings is 2. The van der Waals surface area contributed by atoms with Gasteiger partial charge in [0.25, 0.3) is 0 Å². The fraction of sp³-hybridized carbons (Fsp3) is 0.348. The van der Waals surface area contributed by atoms with Gasteiger partial charge >= 0.3 is 5.97 Å². The molecular formula is C23H26FNO5S. The molecule has 6 nitrogen and oxygen atoms in total. The Kier molecular flexibility index (Phi) is 7.46. The van der Waals surface area contributed by atoms with Gasteiger partial charge < -0.3 is 10.2 Å². The van der Waals surface area contributed by atoms with E-state index in [1.165, 1.54) is 22.5 Å². The first-order valence-electron chi connectivity index (χ1n) is 10.2. The van der Waals surface area contributed by atoms with Crippen molar-refractivity contribution in [3.8, 4) is 5.75 Å². The summed E-state index contributed by atoms with van der Waals surface area (Å²) in [7, 11) is -3.85. The van der Waals surface area contributed by atoms with Crippen molar-refractivity contribution < 1.29 is 27.8 Å². The van der Waals surface area contributed by atoms with Crippen molar-refractivity contribution in [1.82, 2.24) is 4.31 Å². The molecule has 1 heterocycles. The molecule has 0 spiro atoms. The number of aromatic hydroxyl groups is 1. The van der Waals surface area contributed by atoms with Crippen LogP contribution in [0.2, 0.25) is 0 Å². The van der Waals surface area contributed by atoms with Crippen LogP contribution in [0.4, 0.5) is 4.39 Å². The van der Waals surface area contributed by atoms with E-state index in [4.69, 9.17) is 5.11 Å². The molecular weight excluding hydrogens is 421 g/mol. The van der Waals surface area contributed by atoms with Crippen LogP contribution in [0.15, 0.2) is 65.6 Å². The maximum absolute atomic E-state index is 13.3. The first-order valence-corrected chi connectivity index (χ1v) is 11.7. The van der Waals surface area contributed by atoms with Crippen molar-refractivity contribution in [2.75, 3.05) is 6.54 Å². The van der Waals surface area contributed by atoms with Crippen molar-refractivity contribution in [1.29, 1.82) is 0 Å². The summed E-state index contributed by atoms with van der Waals surface area (Å²) in [6, 6.07) is 10.9. The monoisotopic (exact) mass is 447 g/mol. The van der Waals surface area contributed by atoms with Gasteiger partial charge in [-0.25, -0.2) is 12.8 Å². The van der Waals surface area contributed by atoms with Crippen LogP contribution in [0, 0.1) is 11.7 Å². The van der Waals surface area contributed by atoms with E-state index in [1.807, 2.05) is 12.2 Å². The number of hydrogen-bond donors (Lipinski definition) is 2. The number of hydrogen-bond acceptors (Lipinski definition) is 4. The number of unbranched alkanes of at least 4 members (excludes halogenated alkanes) is 1. The van der Waals surface area contributed by atoms with E-state index in [-0.39, 0.29) is 23.0 Å². The molecule has 166 valence electrons. The molecule has 3 rings (SSSR count). The Morgan fingerprint density at radius 2 is 1.90 bits per heavy atom. The number of phenols is 1. The standard InChI is InChI=1S/C23H26FNO5S/c24-19-10-12-21(13-11-19)31(29,30)25-15-14-17(6-3-1-2-4-9-22(27)28)23(25)18-7-5-8-20(26)16-18/h1,3,5,7-8,10-13,16-17,23,26H,2,4,6,9,14-15H2,(H,27,28)/b3-1-. The lowest BCUT2D eigenvalue weighted by Crippen LogP contribution is -2.32. The lowest BCUT2D eigenvalue weighted by Gasteiger charge is -2.28. The second-order valence-electron chi connectivity index (χ2n) is 7.65. The highest BCUT2D eigenvalue weighted by Gasteiger charge is 2.42. The van der Waals surface area contributed by atoms with E-state index in [2.05, 4.69) is 0 Å². The molecule has 1 fully saturated rings. The van der Waals surface area contributed by atoms with E-state index in [1.54, 1.807) is 18.2 Å². The van der Waals surface area contributed by atoms with E-state index < -0.39 is 27.9 Å². The quantitative estimate of drug-likeness (QED) is 0.436. The Bertz CT molecular complexity index is 1040. The molecule has 0 saturated carbocycles. The number of nitrogens with zero attached hydrogens (tertiary/aromatic N) is 1. The summed E-state index contributed by atoms with van der Waals surface area (Å²) < 4.78 is 41.3. The molecule has 31 heavy (non-hydrogen) atoms. The molecule has 0 aliphatic carbocycles. The van der Waals surface area contributed by atoms with Crippen LogP contribution in [0.25, 0.3) is 0 Å². The minimum absolute atomic E-state index is 0.00672. The average Bonchev–Trinajstić information content (AvgIpc) is 3.15. The second kappa shape index (κ2) is 10.1. The summed E-state index contributed by atoms with van der Waals surface area (Å²) >= 11 is 0. The zero-order valence-corrected chi connectivity index (χ0v) is 17.8. The predicted octanol–water partition coefficient (Wildman–Crippen LogP) is 4.48. The number of halogens is 1. The number of sulfonamides is 1. The predicted molar refractivity (Wildman–Crippen MR) is 114 cm³/mol. The van der Waals surface area contributed by atoms with Gasteiger partial charge in [0.2, 0.25) is 10.0 Å². The number of allylic oxidation sites excluding steroid dienone is 2. The van der Waals surface area contributed by atoms with Gasteiger partial charge in [0, 0.05) is 13.0 Å². The minimum atomic E-state index is -3.85. The average molecular weight is 448 g/mol. The maximum atomic E-state index is 13.3. The van der Waals surface area contributed by atoms with Crippen LogP contribution in [-0.2, 0) is 14.8 Å². The Morgan fingerprint density at radius 1 is 1.16 bits per heavy atom. The molecule has 2 atom stereocenters. The van der Waals surface area contributed by atoms with Gasteiger partial charge in [-0.2, -0.15) is 4.31 Å². The first-order chi connectivity index (χ1) is 14.8. The number of phenolic OH excluding ortho intramolecular Hbond substituents is 1. The highest BCUT2D eigenvalue weighted by molar-refractivity contribution is 7.89. The zero-order valence-electron chi connectivity index (χ0n) is 17.0. The lowest BCUT2D eigenvalue weighted by molar-refractivity contribution is -0.137. The van der Waals surface area contributed by atoms with Crippen molar-refractivity contribution in [2.45, 2.75) is 43.0 Å². The molecule has 2 aromatic rings. The van der Waals surface area contributed by atoms with Gasteiger partial charge in [0.1, 0.15) is 11.6 Å². The van der Waals surface area contributed by atoms with Gasteiger partial charge in [-0.05, 0) is 73.6 Å². The smallest absolute Gasteiger partial charge is 0.303 e. The molecule has 1 saturated heterocycles. The summed E-state index contributed by atoms with van der Waals surface area (Å²) in [5.41, 5.74) is 0.701. The first kappa shape index (κ1) is 23.0. The van der Waals surface area contributed by atoms with Crippen LogP contribution < -0.4 is 0 Å². The Labute approximate surface area is 181 Å². The van der Waals surface area contributed by atoms with Gasteiger partial charge in [-0.15, -0.1) is 0 Å². The van der Waals surface area contributed by atoms with Crippen molar-refractivity contribution in [2.24, 2.45) is 5.92 Å². The SMILES string of the molecule is O=C(O)CCC/C=C\CC1CCN(S(=O)(=O)c2ccc(F)cc2)C1c1cccc(O)c1. The highest BCUT2D eigenvalue weighted by Crippen LogP contribution is 2.43. The lowest BCUT2D eigenvalue weighted by atomic mass is 9.91. The summed E-state index contributed by atoms with van der Waals surface area (Å²) in [5.74, 6) is -1.27. The van der Waals surface area contributed by atoms with Gasteiger partial charge in [0.15, 0.2) is 0 Å². The van der Waals surface area contributed by atoms with E-state index in [0.717, 1.165) is 12.1 Å². The Morgan fingerprint density at radius 3 is 2.58 bits per heavy atom. The van der Waals surface area contributed by atoms with Crippen LogP contribution in [-0.4, -0.2) is 35.5 Å². The molecule has 2 N–H and O–H groups in total. The summed E-state index contributed by atoms with van der Waals surface area (Å²) in [5, 5.41) is 18.7. The number of carboxylic acids is 1. The third kappa shape index (κ3) is 5.71. The van der Waals surface area contributed by atoms with Crippen LogP contribution >= 0.6 is 0 Å². The summed E-state index contributed by atoms with van der Waals surface area (Å²) in [6.45, 7) is 0.317. The Balaban J connectivity index is 1.83. The molecule has 1 aliphatic heterocycles. The van der Waals surface area contributed by atoms with Gasteiger partial charge in [0.05, 0.1) is 10.9 Å². The molecule has 0 amide bonds. The summed E-state index contributed by atoms with van der Waals surface area (Å²) in [6.07, 6.45) is 6.48. The number of rotatable bonds is 9.